The zero-order valence-electron chi connectivity index (χ0n) is 29.1. The summed E-state index contributed by atoms with van der Waals surface area (Å²) in [4.78, 5) is 33.6. The van der Waals surface area contributed by atoms with E-state index in [0.717, 1.165) is 24.3 Å². The molecule has 2 fully saturated rings. The van der Waals surface area contributed by atoms with Crippen molar-refractivity contribution in [1.29, 1.82) is 0 Å². The lowest BCUT2D eigenvalue weighted by Crippen LogP contribution is -2.53. The smallest absolute Gasteiger partial charge is 0.416 e. The summed E-state index contributed by atoms with van der Waals surface area (Å²) in [5.74, 6) is -6.67. The van der Waals surface area contributed by atoms with Crippen molar-refractivity contribution in [2.45, 2.75) is 51.1 Å². The molecule has 2 atom stereocenters. The highest BCUT2D eigenvalue weighted by Gasteiger charge is 2.68. The minimum absolute atomic E-state index is 0.00756. The van der Waals surface area contributed by atoms with Crippen LogP contribution in [0.4, 0.5) is 46.8 Å². The molecule has 0 spiro atoms. The molecule has 3 aromatic carbocycles. The number of hydrogen-bond acceptors (Lipinski definition) is 6. The lowest BCUT2D eigenvalue weighted by molar-refractivity contribution is -0.219. The molecule has 4 aromatic rings. The van der Waals surface area contributed by atoms with Gasteiger partial charge in [0.25, 0.3) is 0 Å². The monoisotopic (exact) mass is 763 g/mol. The summed E-state index contributed by atoms with van der Waals surface area (Å²) in [5.41, 5.74) is -3.42. The Balaban J connectivity index is 1.32. The second kappa shape index (κ2) is 15.4. The van der Waals surface area contributed by atoms with Crippen LogP contribution in [0.5, 0.6) is 0 Å². The molecule has 1 amide bonds. The molecular formula is C38H37F8N5O3. The minimum Gasteiger partial charge on any atom is -0.466 e. The van der Waals surface area contributed by atoms with Gasteiger partial charge in [-0.2, -0.15) is 26.3 Å². The molecule has 0 aliphatic carbocycles. The van der Waals surface area contributed by atoms with Crippen molar-refractivity contribution in [1.82, 2.24) is 14.5 Å². The van der Waals surface area contributed by atoms with Crippen LogP contribution >= 0.6 is 0 Å². The van der Waals surface area contributed by atoms with Crippen LogP contribution < -0.4 is 10.2 Å². The quantitative estimate of drug-likeness (QED) is 0.131. The van der Waals surface area contributed by atoms with Crippen LogP contribution in [0.25, 0.3) is 0 Å². The molecule has 2 unspecified atom stereocenters. The van der Waals surface area contributed by atoms with Crippen molar-refractivity contribution in [3.63, 3.8) is 0 Å². The molecule has 6 rings (SSSR count). The molecule has 54 heavy (non-hydrogen) atoms. The Hall–Kier alpha value is -4.99. The molecule has 1 N–H and O–H groups in total. The number of hydrogen-bond donors (Lipinski definition) is 1. The first-order valence-corrected chi connectivity index (χ1v) is 17.3. The summed E-state index contributed by atoms with van der Waals surface area (Å²) >= 11 is 0. The summed E-state index contributed by atoms with van der Waals surface area (Å²) in [6.07, 6.45) is -6.67. The molecule has 288 valence electrons. The summed E-state index contributed by atoms with van der Waals surface area (Å²) in [7, 11) is 0. The fraction of sp³-hybridized carbons (Fsp3) is 0.395. The number of esters is 1. The van der Waals surface area contributed by atoms with Crippen molar-refractivity contribution < 1.29 is 49.4 Å². The van der Waals surface area contributed by atoms with Crippen LogP contribution in [0, 0.1) is 23.0 Å². The number of halogens is 8. The molecule has 8 nitrogen and oxygen atoms in total. The van der Waals surface area contributed by atoms with Crippen molar-refractivity contribution in [2.75, 3.05) is 43.0 Å². The number of nitrogens with zero attached hydrogens (tertiary/aromatic N) is 4. The largest absolute Gasteiger partial charge is 0.466 e. The number of nitrogens with one attached hydrogen (secondary N) is 1. The zero-order chi connectivity index (χ0) is 38.8. The van der Waals surface area contributed by atoms with E-state index in [1.807, 2.05) is 0 Å². The maximum absolute atomic E-state index is 15.5. The van der Waals surface area contributed by atoms with E-state index in [1.165, 1.54) is 27.9 Å². The van der Waals surface area contributed by atoms with Gasteiger partial charge in [-0.25, -0.2) is 13.8 Å². The van der Waals surface area contributed by atoms with E-state index in [2.05, 4.69) is 10.3 Å². The average molecular weight is 764 g/mol. The van der Waals surface area contributed by atoms with Gasteiger partial charge in [0, 0.05) is 62.8 Å². The minimum atomic E-state index is -5.23. The van der Waals surface area contributed by atoms with Crippen molar-refractivity contribution in [3.8, 4) is 0 Å². The van der Waals surface area contributed by atoms with Crippen LogP contribution in [0.2, 0.25) is 0 Å². The van der Waals surface area contributed by atoms with Gasteiger partial charge in [0.2, 0.25) is 11.9 Å². The third-order valence-corrected chi connectivity index (χ3v) is 10.2. The van der Waals surface area contributed by atoms with Crippen LogP contribution in [0.3, 0.4) is 0 Å². The molecule has 3 heterocycles. The number of imidazole rings is 1. The zero-order valence-corrected chi connectivity index (χ0v) is 29.1. The van der Waals surface area contributed by atoms with Gasteiger partial charge in [0.15, 0.2) is 5.41 Å². The van der Waals surface area contributed by atoms with E-state index in [9.17, 15) is 27.2 Å². The highest BCUT2D eigenvalue weighted by Crippen LogP contribution is 2.54. The topological polar surface area (TPSA) is 79.7 Å². The average Bonchev–Trinajstić information content (AvgIpc) is 3.73. The van der Waals surface area contributed by atoms with Crippen molar-refractivity contribution >= 4 is 23.5 Å². The highest BCUT2D eigenvalue weighted by molar-refractivity contribution is 5.96. The Bertz CT molecular complexity index is 1960. The Kier molecular flexibility index (Phi) is 11.0. The number of carbonyl (C=O) groups is 2. The van der Waals surface area contributed by atoms with Crippen LogP contribution in [-0.4, -0.2) is 65.3 Å². The lowest BCUT2D eigenvalue weighted by Gasteiger charge is -2.35. The summed E-state index contributed by atoms with van der Waals surface area (Å²) in [6, 6.07) is 13.9. The number of likely N-dealkylation sites (tertiary alicyclic amines) is 1. The Morgan fingerprint density at radius 1 is 0.944 bits per heavy atom. The maximum Gasteiger partial charge on any atom is 0.416 e. The van der Waals surface area contributed by atoms with Crippen molar-refractivity contribution in [2.24, 2.45) is 11.3 Å². The maximum atomic E-state index is 15.5. The predicted molar refractivity (Wildman–Crippen MR) is 182 cm³/mol. The number of amides is 1. The molecule has 2 aliphatic rings. The Morgan fingerprint density at radius 3 is 2.31 bits per heavy atom. The molecule has 0 bridgehead atoms. The second-order valence-corrected chi connectivity index (χ2v) is 13.5. The first-order valence-electron chi connectivity index (χ1n) is 17.3. The number of anilines is 2. The van der Waals surface area contributed by atoms with E-state index in [-0.39, 0.29) is 56.9 Å². The Labute approximate surface area is 305 Å². The van der Waals surface area contributed by atoms with E-state index >= 15 is 17.6 Å². The normalized spacial score (nSPS) is 19.9. The number of aromatic nitrogens is 2. The van der Waals surface area contributed by atoms with E-state index in [0.29, 0.717) is 30.0 Å². The second-order valence-electron chi connectivity index (χ2n) is 13.5. The van der Waals surface area contributed by atoms with Gasteiger partial charge in [-0.05, 0) is 54.7 Å². The number of piperidine rings is 1. The molecule has 1 aromatic heterocycles. The summed E-state index contributed by atoms with van der Waals surface area (Å²) < 4.78 is 124. The number of ether oxygens (including phenoxy) is 1. The van der Waals surface area contributed by atoms with Crippen LogP contribution in [-0.2, 0) is 33.6 Å². The Morgan fingerprint density at radius 2 is 1.67 bits per heavy atom. The number of alkyl halides is 6. The van der Waals surface area contributed by atoms with Gasteiger partial charge in [0.05, 0.1) is 24.6 Å². The third kappa shape index (κ3) is 7.93. The fourth-order valence-corrected chi connectivity index (χ4v) is 7.44. The van der Waals surface area contributed by atoms with Gasteiger partial charge >= 0.3 is 18.3 Å². The molecule has 2 aliphatic heterocycles. The van der Waals surface area contributed by atoms with Gasteiger partial charge < -0.3 is 14.2 Å². The van der Waals surface area contributed by atoms with E-state index in [1.54, 1.807) is 42.2 Å². The molecular weight excluding hydrogens is 726 g/mol. The lowest BCUT2D eigenvalue weighted by atomic mass is 9.72. The molecule has 2 saturated heterocycles. The van der Waals surface area contributed by atoms with Gasteiger partial charge in [-0.3, -0.25) is 19.8 Å². The van der Waals surface area contributed by atoms with Gasteiger partial charge in [-0.15, -0.1) is 0 Å². The highest BCUT2D eigenvalue weighted by atomic mass is 19.4. The molecule has 0 radical (unpaired) electrons. The summed E-state index contributed by atoms with van der Waals surface area (Å²) in [6.45, 7) is 0.908. The van der Waals surface area contributed by atoms with Crippen LogP contribution in [0.15, 0.2) is 79.1 Å². The number of benzene rings is 3. The fourth-order valence-electron chi connectivity index (χ4n) is 7.44. The third-order valence-electron chi connectivity index (χ3n) is 10.2. The predicted octanol–water partition coefficient (Wildman–Crippen LogP) is 7.79. The SMILES string of the molecule is CCOC(=O)C1CCN(c2cc(C(F)(F)F)ccc2Cn2ccnc2NC(=O)C2(C(F)(F)F)CN(Cc3ccccc3)CC2c2ccc(F)cc2F)CC1. The number of carbonyl (C=O) groups excluding carboxylic acids is 2. The van der Waals surface area contributed by atoms with Gasteiger partial charge in [0.1, 0.15) is 11.6 Å². The first-order chi connectivity index (χ1) is 25.6. The van der Waals surface area contributed by atoms with E-state index in [4.69, 9.17) is 4.74 Å². The molecule has 16 heteroatoms. The van der Waals surface area contributed by atoms with E-state index < -0.39 is 64.8 Å². The standard InChI is InChI=1S/C38H37F8N5O3/c1-2-54-33(52)25-12-15-50(16-13-25)32-18-27(37(41,42)43)9-8-26(32)21-51-17-14-47-35(51)48-34(53)36(38(44,45)46)23-49(20-24-6-4-3-5-7-24)22-30(36)29-11-10-28(39)19-31(29)40/h3-11,14,17-19,25,30H,2,12-13,15-16,20-23H2,1H3,(H,47,48,53). The van der Waals surface area contributed by atoms with Crippen LogP contribution in [0.1, 0.15) is 47.9 Å². The number of rotatable bonds is 10. The first kappa shape index (κ1) is 38.7. The summed E-state index contributed by atoms with van der Waals surface area (Å²) in [5, 5.41) is 2.30. The molecule has 0 saturated carbocycles. The van der Waals surface area contributed by atoms with Gasteiger partial charge in [-0.1, -0.05) is 42.5 Å². The van der Waals surface area contributed by atoms with Crippen molar-refractivity contribution in [3.05, 3.63) is 113 Å².